The second-order valence-electron chi connectivity index (χ2n) is 4.05. The Labute approximate surface area is 107 Å². The van der Waals surface area contributed by atoms with Crippen molar-refractivity contribution < 1.29 is 4.57 Å². The summed E-state index contributed by atoms with van der Waals surface area (Å²) in [4.78, 5) is 4.36. The summed E-state index contributed by atoms with van der Waals surface area (Å²) >= 11 is 5.87. The van der Waals surface area contributed by atoms with Crippen LogP contribution in [-0.2, 0) is 4.57 Å². The average molecular weight is 271 g/mol. The number of rotatable bonds is 3. The number of nitrogens with two attached hydrogens (primary N) is 1. The van der Waals surface area contributed by atoms with Crippen molar-refractivity contribution in [3.8, 4) is 0 Å². The van der Waals surface area contributed by atoms with Crippen LogP contribution in [0.25, 0.3) is 0 Å². The zero-order valence-corrected chi connectivity index (χ0v) is 11.8. The Morgan fingerprint density at radius 3 is 2.53 bits per heavy atom. The molecule has 0 saturated carbocycles. The summed E-state index contributed by atoms with van der Waals surface area (Å²) in [6.07, 6.45) is 1.29. The molecule has 0 heterocycles. The van der Waals surface area contributed by atoms with Gasteiger partial charge >= 0.3 is 0 Å². The topological polar surface area (TPSA) is 55.5 Å². The number of halogens is 1. The van der Waals surface area contributed by atoms with Crippen LogP contribution in [0.5, 0.6) is 0 Å². The molecule has 2 N–H and O–H groups in total. The summed E-state index contributed by atoms with van der Waals surface area (Å²) in [5.74, 6) is 0. The highest BCUT2D eigenvalue weighted by atomic mass is 35.5. The van der Waals surface area contributed by atoms with E-state index in [1.807, 2.05) is 24.3 Å². The molecule has 0 saturated heterocycles. The molecule has 0 atom stereocenters. The third-order valence-electron chi connectivity index (χ3n) is 2.24. The van der Waals surface area contributed by atoms with Gasteiger partial charge in [0.15, 0.2) is 0 Å². The SMILES string of the molecule is CC(=Nc1ccccc1P(C)(C)=O)C(Cl)=CN. The van der Waals surface area contributed by atoms with Crippen LogP contribution in [0.4, 0.5) is 5.69 Å². The summed E-state index contributed by atoms with van der Waals surface area (Å²) in [6, 6.07) is 7.35. The van der Waals surface area contributed by atoms with Crippen LogP contribution in [0.15, 0.2) is 40.5 Å². The van der Waals surface area contributed by atoms with Crippen LogP contribution < -0.4 is 11.0 Å². The van der Waals surface area contributed by atoms with E-state index < -0.39 is 7.14 Å². The Bertz CT molecular complexity index is 517. The fourth-order valence-electron chi connectivity index (χ4n) is 1.37. The molecule has 0 aromatic heterocycles. The highest BCUT2D eigenvalue weighted by Crippen LogP contribution is 2.38. The van der Waals surface area contributed by atoms with E-state index in [1.165, 1.54) is 6.20 Å². The minimum atomic E-state index is -2.35. The molecule has 1 aromatic rings. The highest BCUT2D eigenvalue weighted by Gasteiger charge is 2.15. The van der Waals surface area contributed by atoms with Crippen molar-refractivity contribution >= 4 is 35.4 Å². The molecule has 0 aliphatic heterocycles. The number of benzene rings is 1. The summed E-state index contributed by atoms with van der Waals surface area (Å²) in [5.41, 5.74) is 6.61. The lowest BCUT2D eigenvalue weighted by atomic mass is 10.3. The second kappa shape index (κ2) is 5.52. The quantitative estimate of drug-likeness (QED) is 0.678. The first-order valence-electron chi connectivity index (χ1n) is 5.14. The minimum absolute atomic E-state index is 0.391. The molecule has 0 aliphatic rings. The number of hydrogen-bond acceptors (Lipinski definition) is 3. The predicted octanol–water partition coefficient (Wildman–Crippen LogP) is 3.07. The fraction of sp³-hybridized carbons (Fsp3) is 0.250. The van der Waals surface area contributed by atoms with Crippen molar-refractivity contribution in [2.24, 2.45) is 10.7 Å². The van der Waals surface area contributed by atoms with Crippen LogP contribution in [-0.4, -0.2) is 19.0 Å². The average Bonchev–Trinajstić information content (AvgIpc) is 2.27. The lowest BCUT2D eigenvalue weighted by Crippen LogP contribution is -2.04. The van der Waals surface area contributed by atoms with Gasteiger partial charge in [0.1, 0.15) is 7.14 Å². The minimum Gasteiger partial charge on any atom is -0.403 e. The van der Waals surface area contributed by atoms with Gasteiger partial charge in [0.2, 0.25) is 0 Å². The summed E-state index contributed by atoms with van der Waals surface area (Å²) in [7, 11) is -2.35. The van der Waals surface area contributed by atoms with Crippen molar-refractivity contribution in [2.45, 2.75) is 6.92 Å². The summed E-state index contributed by atoms with van der Waals surface area (Å²) in [5, 5.41) is 1.14. The maximum absolute atomic E-state index is 12.1. The van der Waals surface area contributed by atoms with Gasteiger partial charge in [-0.2, -0.15) is 0 Å². The Hall–Kier alpha value is -1.05. The maximum atomic E-state index is 12.1. The summed E-state index contributed by atoms with van der Waals surface area (Å²) < 4.78 is 12.1. The molecule has 0 bridgehead atoms. The zero-order valence-electron chi connectivity index (χ0n) is 10.1. The third-order valence-corrected chi connectivity index (χ3v) is 4.18. The number of para-hydroxylation sites is 1. The maximum Gasteiger partial charge on any atom is 0.111 e. The van der Waals surface area contributed by atoms with E-state index in [0.29, 0.717) is 16.4 Å². The van der Waals surface area contributed by atoms with E-state index in [2.05, 4.69) is 4.99 Å². The first-order chi connectivity index (χ1) is 7.86. The van der Waals surface area contributed by atoms with E-state index in [9.17, 15) is 4.57 Å². The van der Waals surface area contributed by atoms with Crippen molar-refractivity contribution in [3.63, 3.8) is 0 Å². The van der Waals surface area contributed by atoms with Crippen molar-refractivity contribution in [1.82, 2.24) is 0 Å². The Morgan fingerprint density at radius 2 is 2.00 bits per heavy atom. The van der Waals surface area contributed by atoms with Gasteiger partial charge in [-0.1, -0.05) is 23.7 Å². The van der Waals surface area contributed by atoms with Gasteiger partial charge in [-0.15, -0.1) is 0 Å². The van der Waals surface area contributed by atoms with E-state index >= 15 is 0 Å². The first kappa shape index (κ1) is 14.0. The molecule has 0 radical (unpaired) electrons. The number of nitrogens with zero attached hydrogens (tertiary/aromatic N) is 1. The van der Waals surface area contributed by atoms with Gasteiger partial charge < -0.3 is 10.3 Å². The van der Waals surface area contributed by atoms with E-state index in [4.69, 9.17) is 17.3 Å². The van der Waals surface area contributed by atoms with Crippen molar-refractivity contribution in [3.05, 3.63) is 35.5 Å². The largest absolute Gasteiger partial charge is 0.403 e. The molecule has 1 rings (SSSR count). The molecule has 1 aromatic carbocycles. The molecule has 17 heavy (non-hydrogen) atoms. The van der Waals surface area contributed by atoms with Crippen LogP contribution in [0.2, 0.25) is 0 Å². The Balaban J connectivity index is 3.30. The Kier molecular flexibility index (Phi) is 4.55. The van der Waals surface area contributed by atoms with Gasteiger partial charge in [0.05, 0.1) is 16.4 Å². The van der Waals surface area contributed by atoms with E-state index in [-0.39, 0.29) is 0 Å². The van der Waals surface area contributed by atoms with Crippen LogP contribution in [0, 0.1) is 0 Å². The molecule has 5 heteroatoms. The molecule has 3 nitrogen and oxygen atoms in total. The Morgan fingerprint density at radius 1 is 1.41 bits per heavy atom. The molecule has 92 valence electrons. The molecule has 0 spiro atoms. The molecule has 0 aliphatic carbocycles. The van der Waals surface area contributed by atoms with E-state index in [1.54, 1.807) is 20.3 Å². The number of allylic oxidation sites excluding steroid dienone is 1. The first-order valence-corrected chi connectivity index (χ1v) is 8.12. The molecule has 0 unspecified atom stereocenters. The van der Waals surface area contributed by atoms with Crippen molar-refractivity contribution in [2.75, 3.05) is 13.3 Å². The number of aliphatic imine (C=N–C) groups is 1. The van der Waals surface area contributed by atoms with E-state index in [0.717, 1.165) is 5.30 Å². The number of hydrogen-bond donors (Lipinski definition) is 1. The monoisotopic (exact) mass is 270 g/mol. The normalized spacial score (nSPS) is 13.9. The molecular weight excluding hydrogens is 255 g/mol. The smallest absolute Gasteiger partial charge is 0.111 e. The van der Waals surface area contributed by atoms with Gasteiger partial charge in [-0.05, 0) is 32.4 Å². The molecular formula is C12H16ClN2OP. The summed E-state index contributed by atoms with van der Waals surface area (Å²) in [6.45, 7) is 5.20. The lowest BCUT2D eigenvalue weighted by Gasteiger charge is -2.10. The predicted molar refractivity (Wildman–Crippen MR) is 76.4 cm³/mol. The van der Waals surface area contributed by atoms with Gasteiger partial charge in [0.25, 0.3) is 0 Å². The highest BCUT2D eigenvalue weighted by molar-refractivity contribution is 7.70. The van der Waals surface area contributed by atoms with Gasteiger partial charge in [-0.25, -0.2) is 0 Å². The van der Waals surface area contributed by atoms with Gasteiger partial charge in [-0.3, -0.25) is 4.99 Å². The fourth-order valence-corrected chi connectivity index (χ4v) is 2.53. The van der Waals surface area contributed by atoms with Crippen molar-refractivity contribution in [1.29, 1.82) is 0 Å². The standard InChI is InChI=1S/C12H16ClN2OP/c1-9(10(13)8-14)15-11-6-4-5-7-12(11)17(2,3)16/h4-8H,14H2,1-3H3. The van der Waals surface area contributed by atoms with Crippen LogP contribution >= 0.6 is 18.7 Å². The second-order valence-corrected chi connectivity index (χ2v) is 7.64. The third kappa shape index (κ3) is 3.72. The lowest BCUT2D eigenvalue weighted by molar-refractivity contribution is 0.588. The molecule has 0 fully saturated rings. The molecule has 0 amide bonds. The van der Waals surface area contributed by atoms with Crippen LogP contribution in [0.3, 0.4) is 0 Å². The van der Waals surface area contributed by atoms with Gasteiger partial charge in [0, 0.05) is 11.5 Å². The van der Waals surface area contributed by atoms with Crippen LogP contribution in [0.1, 0.15) is 6.92 Å². The zero-order chi connectivity index (χ0) is 13.1.